The van der Waals surface area contributed by atoms with Gasteiger partial charge in [0.25, 0.3) is 5.91 Å². The van der Waals surface area contributed by atoms with Gasteiger partial charge >= 0.3 is 0 Å². The zero-order valence-corrected chi connectivity index (χ0v) is 19.2. The lowest BCUT2D eigenvalue weighted by Gasteiger charge is -2.38. The summed E-state index contributed by atoms with van der Waals surface area (Å²) in [7, 11) is 0. The molecule has 2 aromatic carbocycles. The fourth-order valence-electron chi connectivity index (χ4n) is 5.51. The number of nitrogen functional groups attached to an aromatic ring is 1. The van der Waals surface area contributed by atoms with E-state index in [2.05, 4.69) is 16.0 Å². The van der Waals surface area contributed by atoms with Crippen LogP contribution in [-0.4, -0.2) is 41.1 Å². The van der Waals surface area contributed by atoms with Crippen LogP contribution in [0.3, 0.4) is 0 Å². The first-order chi connectivity index (χ1) is 16.4. The van der Waals surface area contributed by atoms with Gasteiger partial charge in [0.15, 0.2) is 0 Å². The first-order valence-electron chi connectivity index (χ1n) is 11.2. The number of halogens is 2. The van der Waals surface area contributed by atoms with E-state index in [1.807, 2.05) is 17.9 Å². The van der Waals surface area contributed by atoms with Crippen LogP contribution in [0.2, 0.25) is 0 Å². The van der Waals surface area contributed by atoms with Crippen LogP contribution in [0.5, 0.6) is 0 Å². The maximum Gasteiger partial charge on any atom is 0.256 e. The van der Waals surface area contributed by atoms with E-state index in [0.717, 1.165) is 30.0 Å². The zero-order valence-electron chi connectivity index (χ0n) is 18.4. The number of hydrogen-bond acceptors (Lipinski definition) is 5. The molecular formula is C25H21F2N5OS. The van der Waals surface area contributed by atoms with E-state index in [0.29, 0.717) is 47.1 Å². The highest BCUT2D eigenvalue weighted by molar-refractivity contribution is 7.23. The molecule has 0 radical (unpaired) electrons. The Morgan fingerprint density at radius 1 is 1.21 bits per heavy atom. The lowest BCUT2D eigenvalue weighted by molar-refractivity contribution is 0.0615. The summed E-state index contributed by atoms with van der Waals surface area (Å²) in [6.07, 6.45) is 0.788. The Morgan fingerprint density at radius 3 is 2.82 bits per heavy atom. The maximum atomic E-state index is 15.9. The van der Waals surface area contributed by atoms with Crippen molar-refractivity contribution in [3.8, 4) is 17.2 Å². The van der Waals surface area contributed by atoms with Crippen LogP contribution in [-0.2, 0) is 6.54 Å². The van der Waals surface area contributed by atoms with Gasteiger partial charge in [-0.3, -0.25) is 4.79 Å². The first-order valence-corrected chi connectivity index (χ1v) is 12.0. The van der Waals surface area contributed by atoms with Gasteiger partial charge < -0.3 is 20.5 Å². The van der Waals surface area contributed by atoms with Gasteiger partial charge in [-0.15, -0.1) is 11.3 Å². The van der Waals surface area contributed by atoms with Crippen LogP contribution in [0.1, 0.15) is 28.0 Å². The molecule has 1 atom stereocenters. The van der Waals surface area contributed by atoms with Gasteiger partial charge in [-0.2, -0.15) is 5.26 Å². The standard InChI is InChI=1S/C25H21F2N5OS/c1-12-8-15-20(14-2-3-18(26)23-21(14)17(10-28)24(29)34-23)19(27)9-16-22(15)31(12)6-4-13-11-30-5-7-32(13)25(16)33/h2-3,8-9,13,30H,4-7,11,29H2,1H3/t13-/m1/s1. The van der Waals surface area contributed by atoms with E-state index in [1.54, 1.807) is 0 Å². The Labute approximate surface area is 198 Å². The van der Waals surface area contributed by atoms with Crippen LogP contribution in [0.4, 0.5) is 13.8 Å². The Kier molecular flexibility index (Phi) is 4.66. The number of rotatable bonds is 1. The number of hydrogen-bond donors (Lipinski definition) is 2. The second kappa shape index (κ2) is 7.52. The highest BCUT2D eigenvalue weighted by Gasteiger charge is 2.33. The monoisotopic (exact) mass is 477 g/mol. The number of nitrogens with zero attached hydrogens (tertiary/aromatic N) is 3. The Balaban J connectivity index is 1.69. The summed E-state index contributed by atoms with van der Waals surface area (Å²) in [6, 6.07) is 8.06. The number of carbonyl (C=O) groups is 1. The van der Waals surface area contributed by atoms with Gasteiger partial charge in [-0.05, 0) is 37.1 Å². The minimum Gasteiger partial charge on any atom is -0.389 e. The normalized spacial score (nSPS) is 18.1. The minimum absolute atomic E-state index is 0.0534. The number of benzene rings is 2. The predicted molar refractivity (Wildman–Crippen MR) is 129 cm³/mol. The number of nitriles is 1. The number of aromatic nitrogens is 1. The molecule has 2 aliphatic rings. The van der Waals surface area contributed by atoms with Crippen molar-refractivity contribution in [2.24, 2.45) is 0 Å². The highest BCUT2D eigenvalue weighted by atomic mass is 32.1. The number of piperazine rings is 1. The van der Waals surface area contributed by atoms with Crippen LogP contribution in [0.15, 0.2) is 24.3 Å². The molecular weight excluding hydrogens is 456 g/mol. The number of thiophene rings is 1. The fraction of sp³-hybridized carbons (Fsp3) is 0.280. The molecule has 2 aromatic heterocycles. The third-order valence-corrected chi connectivity index (χ3v) is 8.09. The first kappa shape index (κ1) is 21.1. The quantitative estimate of drug-likeness (QED) is 0.426. The molecule has 0 aliphatic carbocycles. The molecule has 6 nitrogen and oxygen atoms in total. The molecule has 0 unspecified atom stereocenters. The molecule has 0 bridgehead atoms. The summed E-state index contributed by atoms with van der Waals surface area (Å²) in [5, 5.41) is 14.1. The molecule has 3 N–H and O–H groups in total. The Morgan fingerprint density at radius 2 is 2.03 bits per heavy atom. The van der Waals surface area contributed by atoms with Crippen molar-refractivity contribution in [3.63, 3.8) is 0 Å². The Hall–Kier alpha value is -3.48. The van der Waals surface area contributed by atoms with E-state index < -0.39 is 11.6 Å². The third kappa shape index (κ3) is 2.82. The molecule has 4 aromatic rings. The number of carbonyl (C=O) groups excluding carboxylic acids is 1. The van der Waals surface area contributed by atoms with E-state index >= 15 is 4.39 Å². The van der Waals surface area contributed by atoms with E-state index in [9.17, 15) is 14.4 Å². The van der Waals surface area contributed by atoms with Crippen molar-refractivity contribution in [2.75, 3.05) is 25.4 Å². The molecule has 1 fully saturated rings. The van der Waals surface area contributed by atoms with Gasteiger partial charge in [0, 0.05) is 54.3 Å². The molecule has 2 aliphatic heterocycles. The zero-order chi connectivity index (χ0) is 23.7. The van der Waals surface area contributed by atoms with Crippen molar-refractivity contribution in [1.82, 2.24) is 14.8 Å². The van der Waals surface area contributed by atoms with Crippen molar-refractivity contribution in [2.45, 2.75) is 25.9 Å². The smallest absolute Gasteiger partial charge is 0.256 e. The second-order valence-corrected chi connectivity index (χ2v) is 9.93. The third-order valence-electron chi connectivity index (χ3n) is 7.06. The molecule has 9 heteroatoms. The van der Waals surface area contributed by atoms with Crippen LogP contribution >= 0.6 is 11.3 Å². The lowest BCUT2D eigenvalue weighted by Crippen LogP contribution is -2.54. The molecule has 1 saturated heterocycles. The van der Waals surface area contributed by atoms with Crippen molar-refractivity contribution >= 4 is 43.2 Å². The second-order valence-electron chi connectivity index (χ2n) is 8.88. The minimum atomic E-state index is -0.582. The summed E-state index contributed by atoms with van der Waals surface area (Å²) in [5.74, 6) is -1.27. The molecule has 0 saturated carbocycles. The van der Waals surface area contributed by atoms with Crippen LogP contribution < -0.4 is 11.1 Å². The Bertz CT molecular complexity index is 1560. The van der Waals surface area contributed by atoms with Gasteiger partial charge in [-0.25, -0.2) is 8.78 Å². The summed E-state index contributed by atoms with van der Waals surface area (Å²) < 4.78 is 32.8. The molecule has 1 amide bonds. The van der Waals surface area contributed by atoms with Crippen LogP contribution in [0.25, 0.3) is 32.1 Å². The molecule has 0 spiro atoms. The van der Waals surface area contributed by atoms with E-state index in [-0.39, 0.29) is 32.8 Å². The van der Waals surface area contributed by atoms with Gasteiger partial charge in [0.1, 0.15) is 22.7 Å². The number of nitrogens with one attached hydrogen (secondary N) is 1. The average Bonchev–Trinajstić information content (AvgIpc) is 3.33. The van der Waals surface area contributed by atoms with E-state index in [1.165, 1.54) is 18.2 Å². The maximum absolute atomic E-state index is 15.9. The van der Waals surface area contributed by atoms with Gasteiger partial charge in [-0.1, -0.05) is 6.07 Å². The van der Waals surface area contributed by atoms with Gasteiger partial charge in [0.05, 0.1) is 21.3 Å². The lowest BCUT2D eigenvalue weighted by atomic mass is 9.93. The number of nitrogens with two attached hydrogens (primary N) is 1. The summed E-state index contributed by atoms with van der Waals surface area (Å²) >= 11 is 0.982. The van der Waals surface area contributed by atoms with Crippen molar-refractivity contribution < 1.29 is 13.6 Å². The average molecular weight is 478 g/mol. The van der Waals surface area contributed by atoms with Crippen LogP contribution in [0, 0.1) is 29.9 Å². The summed E-state index contributed by atoms with van der Waals surface area (Å²) in [6.45, 7) is 4.63. The molecule has 6 rings (SSSR count). The fourth-order valence-corrected chi connectivity index (χ4v) is 6.46. The van der Waals surface area contributed by atoms with Crippen molar-refractivity contribution in [3.05, 3.63) is 52.7 Å². The van der Waals surface area contributed by atoms with E-state index in [4.69, 9.17) is 5.73 Å². The predicted octanol–water partition coefficient (Wildman–Crippen LogP) is 4.38. The number of fused-ring (bicyclic) bond motifs is 2. The summed E-state index contributed by atoms with van der Waals surface area (Å²) in [5.41, 5.74) is 8.73. The molecule has 172 valence electrons. The highest BCUT2D eigenvalue weighted by Crippen LogP contribution is 2.45. The molecule has 34 heavy (non-hydrogen) atoms. The number of amides is 1. The topological polar surface area (TPSA) is 87.1 Å². The SMILES string of the molecule is Cc1cc2c(-c3ccc(F)c4sc(N)c(C#N)c34)c(F)cc3c2n1CC[C@@H]1CNCCN1C3=O. The number of anilines is 1. The largest absolute Gasteiger partial charge is 0.389 e. The van der Waals surface area contributed by atoms with Gasteiger partial charge in [0.2, 0.25) is 0 Å². The van der Waals surface area contributed by atoms with Crippen molar-refractivity contribution in [1.29, 1.82) is 5.26 Å². The molecule has 4 heterocycles. The summed E-state index contributed by atoms with van der Waals surface area (Å²) in [4.78, 5) is 15.4. The number of aryl methyl sites for hydroxylation is 2.